The predicted molar refractivity (Wildman–Crippen MR) is 288 cm³/mol. The first-order valence-corrected chi connectivity index (χ1v) is 26.0. The molecular formula is C53H78N12O12. The Morgan fingerprint density at radius 2 is 1.13 bits per heavy atom. The van der Waals surface area contributed by atoms with Gasteiger partial charge in [0.2, 0.25) is 23.6 Å². The van der Waals surface area contributed by atoms with Crippen LogP contribution in [0.15, 0.2) is 83.9 Å². The number of nitrogens with two attached hydrogens (primary N) is 3. The van der Waals surface area contributed by atoms with Gasteiger partial charge in [-0.15, -0.1) is 0 Å². The largest absolute Gasteiger partial charge is 0.508 e. The summed E-state index contributed by atoms with van der Waals surface area (Å²) < 4.78 is 6.09. The van der Waals surface area contributed by atoms with Crippen LogP contribution in [0, 0.1) is 0 Å². The fourth-order valence-electron chi connectivity index (χ4n) is 8.53. The molecule has 1 heterocycles. The molecule has 4 rings (SSSR count). The van der Waals surface area contributed by atoms with Crippen LogP contribution in [0.25, 0.3) is 0 Å². The Hall–Kier alpha value is -7.38. The van der Waals surface area contributed by atoms with Gasteiger partial charge in [0.25, 0.3) is 0 Å². The van der Waals surface area contributed by atoms with Gasteiger partial charge in [0, 0.05) is 78.5 Å². The van der Waals surface area contributed by atoms with Crippen molar-refractivity contribution >= 4 is 47.5 Å². The molecule has 3 aromatic rings. The molecule has 0 spiro atoms. The number of rotatable bonds is 31. The lowest BCUT2D eigenvalue weighted by Crippen LogP contribution is -2.49. The molecule has 0 unspecified atom stereocenters. The smallest absolute Gasteiger partial charge is 0.317 e. The van der Waals surface area contributed by atoms with Crippen molar-refractivity contribution < 1.29 is 58.7 Å². The number of aromatic hydroxyl groups is 1. The van der Waals surface area contributed by atoms with Crippen molar-refractivity contribution in [3.05, 3.63) is 95.6 Å². The minimum absolute atomic E-state index is 0.000638. The number of hydrogen-bond acceptors (Lipinski definition) is 15. The van der Waals surface area contributed by atoms with E-state index in [1.165, 1.54) is 12.1 Å². The van der Waals surface area contributed by atoms with Gasteiger partial charge in [0.05, 0.1) is 44.7 Å². The summed E-state index contributed by atoms with van der Waals surface area (Å²) in [7, 11) is 0. The number of aliphatic imine (C=N–C) groups is 1. The molecule has 0 saturated carbocycles. The van der Waals surface area contributed by atoms with Gasteiger partial charge in [-0.25, -0.2) is 0 Å². The molecule has 0 radical (unpaired) electrons. The maximum atomic E-state index is 14.2. The number of nitrogens with one attached hydrogen (secondary N) is 4. The molecule has 1 aliphatic heterocycles. The summed E-state index contributed by atoms with van der Waals surface area (Å²) in [6.45, 7) is 3.05. The number of hydrogen-bond donors (Lipinski definition) is 11. The lowest BCUT2D eigenvalue weighted by atomic mass is 9.90. The van der Waals surface area contributed by atoms with Gasteiger partial charge in [0.1, 0.15) is 17.5 Å². The summed E-state index contributed by atoms with van der Waals surface area (Å²) in [5.41, 5.74) is 19.3. The van der Waals surface area contributed by atoms with Gasteiger partial charge in [0.15, 0.2) is 5.96 Å². The second kappa shape index (κ2) is 34.3. The fraction of sp³-hybridized carbons (Fsp3) is 0.509. The highest BCUT2D eigenvalue weighted by Gasteiger charge is 2.29. The molecule has 14 N–H and O–H groups in total. The van der Waals surface area contributed by atoms with Crippen LogP contribution in [0.3, 0.4) is 0 Å². The van der Waals surface area contributed by atoms with Crippen molar-refractivity contribution in [2.24, 2.45) is 22.2 Å². The number of aliphatic carboxylic acids is 3. The number of guanidine groups is 1. The quantitative estimate of drug-likeness (QED) is 0.0225. The number of phenolic OH excluding ortho intramolecular Hbond substituents is 1. The molecule has 24 nitrogen and oxygen atoms in total. The van der Waals surface area contributed by atoms with Crippen LogP contribution in [0.5, 0.6) is 11.5 Å². The average Bonchev–Trinajstić information content (AvgIpc) is 3.38. The molecule has 0 bridgehead atoms. The van der Waals surface area contributed by atoms with Gasteiger partial charge < -0.3 is 63.6 Å². The first-order valence-electron chi connectivity index (χ1n) is 26.0. The van der Waals surface area contributed by atoms with E-state index in [9.17, 15) is 54.0 Å². The van der Waals surface area contributed by atoms with Crippen LogP contribution in [0.4, 0.5) is 0 Å². The number of carboxylic acids is 3. The summed E-state index contributed by atoms with van der Waals surface area (Å²) >= 11 is 0. The molecule has 0 aliphatic carbocycles. The molecule has 77 heavy (non-hydrogen) atoms. The van der Waals surface area contributed by atoms with Gasteiger partial charge in [-0.3, -0.25) is 58.2 Å². The number of phenols is 1. The number of amides is 4. The second-order valence-corrected chi connectivity index (χ2v) is 18.9. The highest BCUT2D eigenvalue weighted by Crippen LogP contribution is 2.28. The molecular weight excluding hydrogens is 997 g/mol. The Kier molecular flexibility index (Phi) is 27.7. The van der Waals surface area contributed by atoms with E-state index >= 15 is 0 Å². The number of carbonyl (C=O) groups is 7. The molecule has 3 atom stereocenters. The number of benzene rings is 3. The maximum Gasteiger partial charge on any atom is 0.317 e. The highest BCUT2D eigenvalue weighted by atomic mass is 16.5. The predicted octanol–water partition coefficient (Wildman–Crippen LogP) is -0.257. The number of nitrogens with zero attached hydrogens (tertiary/aromatic N) is 5. The fourth-order valence-corrected chi connectivity index (χ4v) is 8.53. The van der Waals surface area contributed by atoms with E-state index in [-0.39, 0.29) is 95.4 Å². The Labute approximate surface area is 449 Å². The Bertz CT molecular complexity index is 2330. The van der Waals surface area contributed by atoms with Gasteiger partial charge in [-0.2, -0.15) is 0 Å². The van der Waals surface area contributed by atoms with Crippen molar-refractivity contribution in [2.75, 3.05) is 105 Å². The van der Waals surface area contributed by atoms with E-state index in [0.717, 1.165) is 5.56 Å². The van der Waals surface area contributed by atoms with E-state index < -0.39 is 47.7 Å². The minimum atomic E-state index is -1.04. The Morgan fingerprint density at radius 1 is 0.584 bits per heavy atom. The SMILES string of the molecule is NC(N)=NCCC[C@@H](NC(=O)[C@@H](c1ccccc1)c1cccc(OCCCCNC(=O)[C@H](N)CCCCNC(=O)CN2CCN(CC(=O)O)CCN(CC(=O)O)CCN(CC(=O)O)CC2)c1)C(=O)NCc1ccc(O)cc1. The second-order valence-electron chi connectivity index (χ2n) is 18.9. The topological polar surface area (TPSA) is 361 Å². The van der Waals surface area contributed by atoms with Crippen LogP contribution in [-0.4, -0.2) is 204 Å². The third kappa shape index (κ3) is 25.3. The van der Waals surface area contributed by atoms with Crippen molar-refractivity contribution in [1.82, 2.24) is 40.9 Å². The van der Waals surface area contributed by atoms with Crippen LogP contribution in [0.2, 0.25) is 0 Å². The summed E-state index contributed by atoms with van der Waals surface area (Å²) in [5, 5.41) is 49.6. The normalized spacial score (nSPS) is 15.3. The van der Waals surface area contributed by atoms with Crippen molar-refractivity contribution in [3.8, 4) is 11.5 Å². The number of unbranched alkanes of at least 4 members (excludes halogenated alkanes) is 2. The molecule has 1 saturated heterocycles. The van der Waals surface area contributed by atoms with E-state index in [0.29, 0.717) is 101 Å². The summed E-state index contributed by atoms with van der Waals surface area (Å²) in [6, 6.07) is 21.2. The first kappa shape index (κ1) is 62.2. The van der Waals surface area contributed by atoms with Crippen LogP contribution in [-0.2, 0) is 40.1 Å². The summed E-state index contributed by atoms with van der Waals surface area (Å²) in [6.07, 6.45) is 3.43. The van der Waals surface area contributed by atoms with E-state index in [1.54, 1.807) is 45.0 Å². The molecule has 0 aromatic heterocycles. The van der Waals surface area contributed by atoms with Crippen molar-refractivity contribution in [2.45, 2.75) is 69.5 Å². The van der Waals surface area contributed by atoms with Crippen LogP contribution < -0.4 is 43.2 Å². The third-order valence-corrected chi connectivity index (χ3v) is 12.7. The maximum absolute atomic E-state index is 14.2. The Balaban J connectivity index is 1.20. The molecule has 1 fully saturated rings. The summed E-state index contributed by atoms with van der Waals surface area (Å²) in [4.78, 5) is 99.2. The highest BCUT2D eigenvalue weighted by molar-refractivity contribution is 5.92. The van der Waals surface area contributed by atoms with Crippen LogP contribution >= 0.6 is 0 Å². The van der Waals surface area contributed by atoms with E-state index in [2.05, 4.69) is 26.3 Å². The van der Waals surface area contributed by atoms with Crippen LogP contribution in [0.1, 0.15) is 67.6 Å². The summed E-state index contributed by atoms with van der Waals surface area (Å²) in [5.74, 6) is -4.68. The lowest BCUT2D eigenvalue weighted by Gasteiger charge is -2.32. The van der Waals surface area contributed by atoms with Gasteiger partial charge in [-0.1, -0.05) is 54.6 Å². The third-order valence-electron chi connectivity index (χ3n) is 12.7. The molecule has 1 aliphatic rings. The van der Waals surface area contributed by atoms with Gasteiger partial charge in [-0.05, 0) is 85.9 Å². The minimum Gasteiger partial charge on any atom is -0.508 e. The molecule has 422 valence electrons. The van der Waals surface area contributed by atoms with Gasteiger partial charge >= 0.3 is 17.9 Å². The Morgan fingerprint density at radius 3 is 1.70 bits per heavy atom. The van der Waals surface area contributed by atoms with E-state index in [4.69, 9.17) is 21.9 Å². The average molecular weight is 1080 g/mol. The zero-order valence-electron chi connectivity index (χ0n) is 43.7. The zero-order chi connectivity index (χ0) is 56.0. The number of carbonyl (C=O) groups excluding carboxylic acids is 4. The lowest BCUT2D eigenvalue weighted by molar-refractivity contribution is -0.140. The molecule has 4 amide bonds. The van der Waals surface area contributed by atoms with E-state index in [1.807, 2.05) is 41.3 Å². The molecule has 3 aromatic carbocycles. The van der Waals surface area contributed by atoms with Crippen molar-refractivity contribution in [1.29, 1.82) is 0 Å². The van der Waals surface area contributed by atoms with Crippen molar-refractivity contribution in [3.63, 3.8) is 0 Å². The monoisotopic (exact) mass is 1070 g/mol. The standard InChI is InChI=1S/C53H78N12O12/c54-43(14-4-5-20-57-45(67)34-62-23-25-63(35-46(68)69)27-29-65(37-48(72)73)30-28-64(26-24-62)36-47(70)71)50(74)58-21-6-7-31-77-42-13-8-12-40(32-42)49(39-10-2-1-3-11-39)52(76)61-44(15-9-22-59-53(55)56)51(75)60-33-38-16-18-41(66)19-17-38/h1-3,8,10-13,16-19,32,43-44,49,66H,4-7,9,14-15,20-31,33-37,54H2,(H,57,67)(H,58,74)(H,60,75)(H,61,76)(H,68,69)(H,70,71)(H,72,73)(H4,55,56,59)/t43-,44-,49+/m1/s1. The zero-order valence-corrected chi connectivity index (χ0v) is 43.7. The first-order chi connectivity index (χ1) is 36.9. The number of carboxylic acid groups (broad SMARTS) is 3. The molecule has 24 heteroatoms. The number of ether oxygens (including phenoxy) is 1.